The number of hydrogen-bond donors (Lipinski definition) is 1. The number of amides is 1. The molecule has 0 saturated carbocycles. The molecule has 1 unspecified atom stereocenters. The summed E-state index contributed by atoms with van der Waals surface area (Å²) in [6.07, 6.45) is 1.25. The molecule has 1 N–H and O–H groups in total. The van der Waals surface area contributed by atoms with E-state index in [1.54, 1.807) is 17.5 Å². The number of benzene rings is 1. The summed E-state index contributed by atoms with van der Waals surface area (Å²) in [4.78, 5) is 12.4. The molecule has 4 rings (SSSR count). The summed E-state index contributed by atoms with van der Waals surface area (Å²) in [6.45, 7) is 0.362. The molecule has 1 aliphatic heterocycles. The van der Waals surface area contributed by atoms with E-state index in [1.807, 2.05) is 0 Å². The number of anilines is 1. The lowest BCUT2D eigenvalue weighted by atomic mass is 10.2. The molecule has 7 nitrogen and oxygen atoms in total. The van der Waals surface area contributed by atoms with Gasteiger partial charge in [-0.05, 0) is 36.4 Å². The standard InChI is InChI=1S/C17H14F2N4O3S3/c18-11-6-5-10(9-12(11)19)20-15(24)17-22-21-16(28-17)13-3-1-7-23(13)29(25,26)14-4-2-8-27-14/h2,4-6,8-9,13H,1,3,7H2,(H,20,24). The molecule has 3 aromatic rings. The van der Waals surface area contributed by atoms with Crippen molar-refractivity contribution in [2.75, 3.05) is 11.9 Å². The summed E-state index contributed by atoms with van der Waals surface area (Å²) in [5.74, 6) is -2.74. The number of sulfonamides is 1. The number of aromatic nitrogens is 2. The first kappa shape index (κ1) is 20.0. The molecule has 1 fully saturated rings. The van der Waals surface area contributed by atoms with E-state index in [9.17, 15) is 22.0 Å². The van der Waals surface area contributed by atoms with E-state index < -0.39 is 33.6 Å². The van der Waals surface area contributed by atoms with Gasteiger partial charge in [0.15, 0.2) is 11.6 Å². The van der Waals surface area contributed by atoms with Crippen LogP contribution in [-0.2, 0) is 10.0 Å². The van der Waals surface area contributed by atoms with Gasteiger partial charge in [-0.15, -0.1) is 21.5 Å². The van der Waals surface area contributed by atoms with Crippen LogP contribution in [0, 0.1) is 11.6 Å². The minimum atomic E-state index is -3.65. The minimum Gasteiger partial charge on any atom is -0.320 e. The molecule has 1 aromatic carbocycles. The van der Waals surface area contributed by atoms with Crippen LogP contribution in [0.4, 0.5) is 14.5 Å². The van der Waals surface area contributed by atoms with E-state index in [2.05, 4.69) is 15.5 Å². The number of nitrogens with zero attached hydrogens (tertiary/aromatic N) is 3. The Kier molecular flexibility index (Phi) is 5.42. The zero-order valence-corrected chi connectivity index (χ0v) is 17.2. The number of halogens is 2. The lowest BCUT2D eigenvalue weighted by molar-refractivity contribution is 0.102. The highest BCUT2D eigenvalue weighted by Gasteiger charge is 2.38. The molecule has 1 atom stereocenters. The molecule has 3 heterocycles. The van der Waals surface area contributed by atoms with E-state index in [1.165, 1.54) is 10.4 Å². The van der Waals surface area contributed by atoms with Crippen LogP contribution in [0.3, 0.4) is 0 Å². The number of hydrogen-bond acceptors (Lipinski definition) is 7. The van der Waals surface area contributed by atoms with Crippen molar-refractivity contribution >= 4 is 44.3 Å². The van der Waals surface area contributed by atoms with Crippen LogP contribution < -0.4 is 5.32 Å². The predicted molar refractivity (Wildman–Crippen MR) is 104 cm³/mol. The highest BCUT2D eigenvalue weighted by molar-refractivity contribution is 7.91. The van der Waals surface area contributed by atoms with Crippen LogP contribution >= 0.6 is 22.7 Å². The second-order valence-electron chi connectivity index (χ2n) is 6.23. The predicted octanol–water partition coefficient (Wildman–Crippen LogP) is 3.66. The number of carbonyl (C=O) groups is 1. The Balaban J connectivity index is 1.53. The summed E-state index contributed by atoms with van der Waals surface area (Å²) < 4.78 is 53.7. The van der Waals surface area contributed by atoms with Gasteiger partial charge < -0.3 is 5.32 Å². The molecule has 0 spiro atoms. The zero-order chi connectivity index (χ0) is 20.6. The van der Waals surface area contributed by atoms with Gasteiger partial charge in [0, 0.05) is 18.3 Å². The highest BCUT2D eigenvalue weighted by Crippen LogP contribution is 2.38. The Labute approximate surface area is 173 Å². The van der Waals surface area contributed by atoms with Gasteiger partial charge in [-0.1, -0.05) is 17.4 Å². The van der Waals surface area contributed by atoms with Crippen LogP contribution in [0.25, 0.3) is 0 Å². The maximum atomic E-state index is 13.3. The second kappa shape index (κ2) is 7.86. The molecule has 152 valence electrons. The van der Waals surface area contributed by atoms with Crippen LogP contribution in [0.5, 0.6) is 0 Å². The second-order valence-corrected chi connectivity index (χ2v) is 10.3. The fraction of sp³-hybridized carbons (Fsp3) is 0.235. The SMILES string of the molecule is O=C(Nc1ccc(F)c(F)c1)c1nnc(C2CCCN2S(=O)(=O)c2cccs2)s1. The van der Waals surface area contributed by atoms with Crippen molar-refractivity contribution in [1.29, 1.82) is 0 Å². The molecule has 1 aliphatic rings. The van der Waals surface area contributed by atoms with Crippen molar-refractivity contribution in [3.05, 3.63) is 57.4 Å². The first-order valence-corrected chi connectivity index (χ1v) is 11.6. The zero-order valence-electron chi connectivity index (χ0n) is 14.7. The van der Waals surface area contributed by atoms with E-state index in [0.717, 1.165) is 34.8 Å². The normalized spacial score (nSPS) is 17.5. The van der Waals surface area contributed by atoms with E-state index in [4.69, 9.17) is 0 Å². The molecule has 1 saturated heterocycles. The van der Waals surface area contributed by atoms with Crippen molar-refractivity contribution in [2.45, 2.75) is 23.1 Å². The summed E-state index contributed by atoms with van der Waals surface area (Å²) in [6, 6.07) is 5.73. The van der Waals surface area contributed by atoms with Gasteiger partial charge >= 0.3 is 0 Å². The molecule has 0 bridgehead atoms. The third-order valence-corrected chi connectivity index (χ3v) is 8.66. The fourth-order valence-electron chi connectivity index (χ4n) is 3.02. The third-order valence-electron chi connectivity index (χ3n) is 4.36. The summed E-state index contributed by atoms with van der Waals surface area (Å²) in [5, 5.41) is 12.4. The first-order valence-electron chi connectivity index (χ1n) is 8.51. The molecule has 2 aromatic heterocycles. The molecule has 1 amide bonds. The Bertz CT molecular complexity index is 1150. The quantitative estimate of drug-likeness (QED) is 0.633. The monoisotopic (exact) mass is 456 g/mol. The maximum absolute atomic E-state index is 13.3. The van der Waals surface area contributed by atoms with Gasteiger partial charge in [0.1, 0.15) is 9.22 Å². The molecule has 12 heteroatoms. The highest BCUT2D eigenvalue weighted by atomic mass is 32.2. The van der Waals surface area contributed by atoms with Crippen LogP contribution in [0.15, 0.2) is 39.9 Å². The number of thiophene rings is 1. The third kappa shape index (κ3) is 3.92. The van der Waals surface area contributed by atoms with Gasteiger partial charge in [-0.25, -0.2) is 17.2 Å². The Morgan fingerprint density at radius 1 is 1.21 bits per heavy atom. The first-order chi connectivity index (χ1) is 13.9. The van der Waals surface area contributed by atoms with Crippen molar-refractivity contribution in [2.24, 2.45) is 0 Å². The van der Waals surface area contributed by atoms with Crippen molar-refractivity contribution in [1.82, 2.24) is 14.5 Å². The Morgan fingerprint density at radius 2 is 2.03 bits per heavy atom. The van der Waals surface area contributed by atoms with Gasteiger partial charge in [-0.3, -0.25) is 4.79 Å². The van der Waals surface area contributed by atoms with Crippen molar-refractivity contribution < 1.29 is 22.0 Å². The van der Waals surface area contributed by atoms with Crippen LogP contribution in [0.2, 0.25) is 0 Å². The lowest BCUT2D eigenvalue weighted by Gasteiger charge is -2.21. The number of nitrogens with one attached hydrogen (secondary N) is 1. The Hall–Kier alpha value is -2.28. The van der Waals surface area contributed by atoms with E-state index in [0.29, 0.717) is 24.4 Å². The molecule has 29 heavy (non-hydrogen) atoms. The fourth-order valence-corrected chi connectivity index (χ4v) is 6.75. The van der Waals surface area contributed by atoms with Gasteiger partial charge in [-0.2, -0.15) is 4.31 Å². The summed E-state index contributed by atoms with van der Waals surface area (Å²) in [7, 11) is -3.65. The van der Waals surface area contributed by atoms with Crippen LogP contribution in [-0.4, -0.2) is 35.4 Å². The van der Waals surface area contributed by atoms with E-state index >= 15 is 0 Å². The topological polar surface area (TPSA) is 92.3 Å². The average molecular weight is 457 g/mol. The van der Waals surface area contributed by atoms with Crippen LogP contribution in [0.1, 0.15) is 33.7 Å². The lowest BCUT2D eigenvalue weighted by Crippen LogP contribution is -2.30. The maximum Gasteiger partial charge on any atom is 0.286 e. The summed E-state index contributed by atoms with van der Waals surface area (Å²) >= 11 is 2.12. The van der Waals surface area contributed by atoms with Gasteiger partial charge in [0.25, 0.3) is 15.9 Å². The minimum absolute atomic E-state index is 0.00473. The molecule has 0 radical (unpaired) electrons. The molecular weight excluding hydrogens is 442 g/mol. The average Bonchev–Trinajstić information content (AvgIpc) is 3.45. The Morgan fingerprint density at radius 3 is 2.76 bits per heavy atom. The van der Waals surface area contributed by atoms with Crippen molar-refractivity contribution in [3.63, 3.8) is 0 Å². The van der Waals surface area contributed by atoms with Gasteiger partial charge in [0.2, 0.25) is 5.01 Å². The molecule has 0 aliphatic carbocycles. The number of carbonyl (C=O) groups excluding carboxylic acids is 1. The molecular formula is C17H14F2N4O3S3. The van der Waals surface area contributed by atoms with E-state index in [-0.39, 0.29) is 14.9 Å². The smallest absolute Gasteiger partial charge is 0.286 e. The largest absolute Gasteiger partial charge is 0.320 e. The van der Waals surface area contributed by atoms with Gasteiger partial charge in [0.05, 0.1) is 6.04 Å². The van der Waals surface area contributed by atoms with Crippen molar-refractivity contribution in [3.8, 4) is 0 Å². The number of rotatable bonds is 5. The summed E-state index contributed by atoms with van der Waals surface area (Å²) in [5.41, 5.74) is 0.0772.